The molecular formula is C17H28O2. The fraction of sp³-hybridized carbons (Fsp3) is 0.647. The first-order valence-electron chi connectivity index (χ1n) is 7.55. The molecule has 108 valence electrons. The van der Waals surface area contributed by atoms with E-state index in [1.54, 1.807) is 6.08 Å². The van der Waals surface area contributed by atoms with Gasteiger partial charge in [-0.1, -0.05) is 51.7 Å². The summed E-state index contributed by atoms with van der Waals surface area (Å²) in [5.74, 6) is 0.145. The first-order valence-corrected chi connectivity index (χ1v) is 7.55. The molecule has 0 atom stereocenters. The summed E-state index contributed by atoms with van der Waals surface area (Å²) in [6.07, 6.45) is 15.1. The van der Waals surface area contributed by atoms with Crippen LogP contribution in [0.5, 0.6) is 0 Å². The molecule has 0 fully saturated rings. The number of allylic oxidation sites excluding steroid dienone is 3. The van der Waals surface area contributed by atoms with Gasteiger partial charge in [0.25, 0.3) is 0 Å². The third kappa shape index (κ3) is 13.1. The van der Waals surface area contributed by atoms with Gasteiger partial charge >= 0.3 is 0 Å². The molecule has 0 saturated heterocycles. The summed E-state index contributed by atoms with van der Waals surface area (Å²) in [4.78, 5) is 22.4. The zero-order chi connectivity index (χ0) is 14.3. The zero-order valence-electron chi connectivity index (χ0n) is 12.3. The van der Waals surface area contributed by atoms with Crippen LogP contribution in [0, 0.1) is 0 Å². The summed E-state index contributed by atoms with van der Waals surface area (Å²) in [5, 5.41) is 0. The van der Waals surface area contributed by atoms with Crippen LogP contribution >= 0.6 is 0 Å². The Morgan fingerprint density at radius 1 is 0.895 bits per heavy atom. The zero-order valence-corrected chi connectivity index (χ0v) is 12.3. The highest BCUT2D eigenvalue weighted by atomic mass is 16.1. The summed E-state index contributed by atoms with van der Waals surface area (Å²) in [6, 6.07) is 0. The van der Waals surface area contributed by atoms with Crippen molar-refractivity contribution in [3.05, 3.63) is 24.8 Å². The van der Waals surface area contributed by atoms with Crippen molar-refractivity contribution in [1.82, 2.24) is 0 Å². The van der Waals surface area contributed by atoms with Gasteiger partial charge in [0.2, 0.25) is 0 Å². The Labute approximate surface area is 118 Å². The molecule has 2 heteroatoms. The van der Waals surface area contributed by atoms with Crippen LogP contribution in [0.15, 0.2) is 24.8 Å². The van der Waals surface area contributed by atoms with E-state index in [9.17, 15) is 9.59 Å². The van der Waals surface area contributed by atoms with E-state index in [0.29, 0.717) is 19.3 Å². The lowest BCUT2D eigenvalue weighted by atomic mass is 10.1. The van der Waals surface area contributed by atoms with E-state index in [-0.39, 0.29) is 11.6 Å². The van der Waals surface area contributed by atoms with Gasteiger partial charge in [-0.25, -0.2) is 0 Å². The maximum Gasteiger partial charge on any atom is 0.155 e. The smallest absolute Gasteiger partial charge is 0.155 e. The van der Waals surface area contributed by atoms with Crippen molar-refractivity contribution in [3.63, 3.8) is 0 Å². The molecule has 0 aliphatic heterocycles. The predicted molar refractivity (Wildman–Crippen MR) is 81.2 cm³/mol. The molecule has 0 rings (SSSR count). The van der Waals surface area contributed by atoms with Gasteiger partial charge in [0, 0.05) is 12.8 Å². The minimum Gasteiger partial charge on any atom is -0.295 e. The first kappa shape index (κ1) is 17.8. The average molecular weight is 264 g/mol. The van der Waals surface area contributed by atoms with E-state index >= 15 is 0 Å². The Kier molecular flexibility index (Phi) is 12.4. The fourth-order valence-corrected chi connectivity index (χ4v) is 1.88. The summed E-state index contributed by atoms with van der Waals surface area (Å²) >= 11 is 0. The van der Waals surface area contributed by atoms with Crippen molar-refractivity contribution in [3.8, 4) is 0 Å². The van der Waals surface area contributed by atoms with Gasteiger partial charge in [-0.15, -0.1) is 0 Å². The van der Waals surface area contributed by atoms with Gasteiger partial charge in [-0.05, 0) is 31.4 Å². The molecule has 0 spiro atoms. The van der Waals surface area contributed by atoms with E-state index in [1.807, 2.05) is 6.08 Å². The highest BCUT2D eigenvalue weighted by Gasteiger charge is 1.99. The van der Waals surface area contributed by atoms with Crippen molar-refractivity contribution >= 4 is 11.6 Å². The maximum absolute atomic E-state index is 11.5. The molecule has 0 bridgehead atoms. The van der Waals surface area contributed by atoms with Gasteiger partial charge in [-0.3, -0.25) is 9.59 Å². The van der Waals surface area contributed by atoms with Crippen LogP contribution in [0.25, 0.3) is 0 Å². The number of carbonyl (C=O) groups is 2. The van der Waals surface area contributed by atoms with E-state index in [4.69, 9.17) is 0 Å². The van der Waals surface area contributed by atoms with Crippen molar-refractivity contribution < 1.29 is 9.59 Å². The second kappa shape index (κ2) is 13.3. The summed E-state index contributed by atoms with van der Waals surface area (Å²) in [5.41, 5.74) is 0. The van der Waals surface area contributed by atoms with E-state index in [1.165, 1.54) is 44.6 Å². The Morgan fingerprint density at radius 2 is 1.53 bits per heavy atom. The van der Waals surface area contributed by atoms with Crippen molar-refractivity contribution in [2.45, 2.75) is 71.1 Å². The van der Waals surface area contributed by atoms with Crippen molar-refractivity contribution in [2.24, 2.45) is 0 Å². The lowest BCUT2D eigenvalue weighted by Gasteiger charge is -1.98. The van der Waals surface area contributed by atoms with Gasteiger partial charge in [0.1, 0.15) is 0 Å². The molecule has 0 unspecified atom stereocenters. The summed E-state index contributed by atoms with van der Waals surface area (Å²) < 4.78 is 0. The molecule has 2 nitrogen and oxygen atoms in total. The van der Waals surface area contributed by atoms with Crippen LogP contribution in [0.2, 0.25) is 0 Å². The lowest BCUT2D eigenvalue weighted by molar-refractivity contribution is -0.115. The molecule has 0 aliphatic carbocycles. The van der Waals surface area contributed by atoms with Crippen molar-refractivity contribution in [2.75, 3.05) is 0 Å². The molecular weight excluding hydrogens is 236 g/mol. The normalized spacial score (nSPS) is 10.8. The Morgan fingerprint density at radius 3 is 2.21 bits per heavy atom. The summed E-state index contributed by atoms with van der Waals surface area (Å²) in [6.45, 7) is 5.63. The fourth-order valence-electron chi connectivity index (χ4n) is 1.88. The van der Waals surface area contributed by atoms with E-state index < -0.39 is 0 Å². The van der Waals surface area contributed by atoms with Gasteiger partial charge in [0.15, 0.2) is 11.6 Å². The molecule has 0 aromatic heterocycles. The monoisotopic (exact) mass is 264 g/mol. The molecule has 0 aromatic rings. The maximum atomic E-state index is 11.5. The third-order valence-corrected chi connectivity index (χ3v) is 3.10. The van der Waals surface area contributed by atoms with Gasteiger partial charge < -0.3 is 0 Å². The highest BCUT2D eigenvalue weighted by Crippen LogP contribution is 2.07. The Bertz CT molecular complexity index is 290. The minimum atomic E-state index is 0.0175. The lowest BCUT2D eigenvalue weighted by Crippen LogP contribution is -1.96. The number of ketones is 2. The molecule has 0 aromatic carbocycles. The van der Waals surface area contributed by atoms with Gasteiger partial charge in [-0.2, -0.15) is 0 Å². The Balaban J connectivity index is 3.41. The van der Waals surface area contributed by atoms with Crippen molar-refractivity contribution in [1.29, 1.82) is 0 Å². The number of hydrogen-bond acceptors (Lipinski definition) is 2. The largest absolute Gasteiger partial charge is 0.295 e. The van der Waals surface area contributed by atoms with E-state index in [0.717, 1.165) is 6.42 Å². The predicted octanol–water partition coefficient (Wildman–Crippen LogP) is 4.79. The Hall–Kier alpha value is -1.18. The second-order valence-electron chi connectivity index (χ2n) is 4.95. The number of rotatable bonds is 13. The van der Waals surface area contributed by atoms with Gasteiger partial charge in [0.05, 0.1) is 0 Å². The standard InChI is InChI=1S/C17H28O2/c1-3-5-6-7-8-9-10-11-13-17(19)15-12-14-16(18)4-2/h4,11,13H,2-3,5-10,12,14-15H2,1H3/b13-11-. The average Bonchev–Trinajstić information content (AvgIpc) is 2.41. The van der Waals surface area contributed by atoms with E-state index in [2.05, 4.69) is 13.5 Å². The SMILES string of the molecule is C=CC(=O)CCCC(=O)/C=C\CCCCCCCC. The summed E-state index contributed by atoms with van der Waals surface area (Å²) in [7, 11) is 0. The molecule has 0 N–H and O–H groups in total. The number of carbonyl (C=O) groups excluding carboxylic acids is 2. The molecule has 0 radical (unpaired) electrons. The second-order valence-corrected chi connectivity index (χ2v) is 4.95. The van der Waals surface area contributed by atoms with Crippen LogP contribution in [0.1, 0.15) is 71.1 Å². The van der Waals surface area contributed by atoms with Crippen LogP contribution < -0.4 is 0 Å². The first-order chi connectivity index (χ1) is 9.20. The molecule has 0 aliphatic rings. The van der Waals surface area contributed by atoms with Crippen LogP contribution in [0.3, 0.4) is 0 Å². The van der Waals surface area contributed by atoms with Crippen LogP contribution in [0.4, 0.5) is 0 Å². The molecule has 19 heavy (non-hydrogen) atoms. The van der Waals surface area contributed by atoms with Crippen LogP contribution in [-0.2, 0) is 9.59 Å². The highest BCUT2D eigenvalue weighted by molar-refractivity contribution is 5.91. The molecule has 0 saturated carbocycles. The quantitative estimate of drug-likeness (QED) is 0.354. The molecule has 0 amide bonds. The number of unbranched alkanes of at least 4 members (excludes halogenated alkanes) is 6. The topological polar surface area (TPSA) is 34.1 Å². The number of hydrogen-bond donors (Lipinski definition) is 0. The minimum absolute atomic E-state index is 0.0175. The third-order valence-electron chi connectivity index (χ3n) is 3.10. The molecule has 0 heterocycles. The van der Waals surface area contributed by atoms with Crippen LogP contribution in [-0.4, -0.2) is 11.6 Å².